The van der Waals surface area contributed by atoms with Crippen LogP contribution in [0.3, 0.4) is 0 Å². The van der Waals surface area contributed by atoms with Crippen molar-refractivity contribution in [1.82, 2.24) is 15.0 Å². The van der Waals surface area contributed by atoms with Crippen LogP contribution in [0.5, 0.6) is 17.2 Å². The summed E-state index contributed by atoms with van der Waals surface area (Å²) < 4.78 is 20.6. The van der Waals surface area contributed by atoms with Crippen molar-refractivity contribution < 1.29 is 14.2 Å². The standard InChI is InChI=1S/C33H31N7O3S/c1-41-26-14-6-22(7-15-26)30-20-29(40-44-30)21-4-8-23(9-5-21)34-31-37-32(35-24-10-16-27(42-2)17-11-24)39-33(38-31)36-25-12-18-28(43-3)19-13-25/h4-19,30H,20H2,1-3H3,(H3,34,35,36,37,38,39). The Bertz CT molecular complexity index is 1660. The van der Waals surface area contributed by atoms with E-state index in [1.807, 2.05) is 72.8 Å². The Hall–Kier alpha value is -5.29. The van der Waals surface area contributed by atoms with E-state index >= 15 is 0 Å². The lowest BCUT2D eigenvalue weighted by Gasteiger charge is -2.12. The molecule has 5 aromatic rings. The van der Waals surface area contributed by atoms with Gasteiger partial charge in [-0.05, 0) is 95.9 Å². The van der Waals surface area contributed by atoms with Gasteiger partial charge < -0.3 is 30.2 Å². The normalized spacial score (nSPS) is 14.0. The van der Waals surface area contributed by atoms with Gasteiger partial charge in [-0.2, -0.15) is 15.0 Å². The Balaban J connectivity index is 1.18. The Morgan fingerprint density at radius 1 is 0.545 bits per heavy atom. The molecule has 0 spiro atoms. The summed E-state index contributed by atoms with van der Waals surface area (Å²) in [5.41, 5.74) is 5.85. The molecule has 3 N–H and O–H groups in total. The van der Waals surface area contributed by atoms with E-state index in [9.17, 15) is 0 Å². The van der Waals surface area contributed by atoms with Gasteiger partial charge in [0.1, 0.15) is 17.2 Å². The van der Waals surface area contributed by atoms with Gasteiger partial charge in [0.05, 0.1) is 32.3 Å². The van der Waals surface area contributed by atoms with Crippen molar-refractivity contribution in [2.75, 3.05) is 37.3 Å². The number of ether oxygens (including phenoxy) is 3. The predicted octanol–water partition coefficient (Wildman–Crippen LogP) is 7.71. The van der Waals surface area contributed by atoms with Crippen LogP contribution < -0.4 is 30.2 Å². The summed E-state index contributed by atoms with van der Waals surface area (Å²) >= 11 is 1.60. The first-order valence-corrected chi connectivity index (χ1v) is 14.7. The molecule has 222 valence electrons. The number of hydrogen-bond donors (Lipinski definition) is 3. The molecule has 0 saturated carbocycles. The maximum Gasteiger partial charge on any atom is 0.233 e. The van der Waals surface area contributed by atoms with Crippen LogP contribution in [-0.4, -0.2) is 42.0 Å². The molecule has 0 saturated heterocycles. The number of aromatic nitrogens is 3. The topological polar surface area (TPSA) is 115 Å². The molecule has 1 aliphatic heterocycles. The van der Waals surface area contributed by atoms with Crippen molar-refractivity contribution in [1.29, 1.82) is 0 Å². The number of nitrogens with zero attached hydrogens (tertiary/aromatic N) is 4. The van der Waals surface area contributed by atoms with Crippen LogP contribution >= 0.6 is 11.9 Å². The molecule has 44 heavy (non-hydrogen) atoms. The number of rotatable bonds is 11. The van der Waals surface area contributed by atoms with E-state index in [-0.39, 0.29) is 5.25 Å². The molecule has 11 heteroatoms. The highest BCUT2D eigenvalue weighted by Crippen LogP contribution is 2.40. The molecular weight excluding hydrogens is 574 g/mol. The van der Waals surface area contributed by atoms with E-state index in [4.69, 9.17) is 18.6 Å². The van der Waals surface area contributed by atoms with Crippen molar-refractivity contribution in [2.45, 2.75) is 11.7 Å². The fourth-order valence-corrected chi connectivity index (χ4v) is 5.52. The molecule has 0 fully saturated rings. The summed E-state index contributed by atoms with van der Waals surface area (Å²) in [6.07, 6.45) is 0.859. The van der Waals surface area contributed by atoms with E-state index < -0.39 is 0 Å². The van der Waals surface area contributed by atoms with Gasteiger partial charge in [-0.1, -0.05) is 24.3 Å². The molecule has 6 rings (SSSR count). The van der Waals surface area contributed by atoms with E-state index in [2.05, 4.69) is 55.2 Å². The molecule has 1 unspecified atom stereocenters. The first kappa shape index (κ1) is 28.8. The van der Waals surface area contributed by atoms with Crippen LogP contribution in [-0.2, 0) is 0 Å². The van der Waals surface area contributed by atoms with Crippen molar-refractivity contribution in [3.63, 3.8) is 0 Å². The van der Waals surface area contributed by atoms with Gasteiger partial charge in [0.25, 0.3) is 0 Å². The number of hydrogen-bond acceptors (Lipinski definition) is 11. The lowest BCUT2D eigenvalue weighted by molar-refractivity contribution is 0.414. The van der Waals surface area contributed by atoms with Gasteiger partial charge in [-0.3, -0.25) is 0 Å². The molecule has 0 amide bonds. The second-order valence-corrected chi connectivity index (χ2v) is 10.8. The number of methoxy groups -OCH3 is 3. The average Bonchev–Trinajstić information content (AvgIpc) is 3.56. The second kappa shape index (κ2) is 13.3. The van der Waals surface area contributed by atoms with Gasteiger partial charge >= 0.3 is 0 Å². The zero-order valence-electron chi connectivity index (χ0n) is 24.4. The van der Waals surface area contributed by atoms with Crippen molar-refractivity contribution in [3.8, 4) is 17.2 Å². The van der Waals surface area contributed by atoms with E-state index in [0.29, 0.717) is 17.8 Å². The number of anilines is 6. The highest BCUT2D eigenvalue weighted by atomic mass is 32.2. The molecule has 0 aliphatic carbocycles. The lowest BCUT2D eigenvalue weighted by Crippen LogP contribution is -2.07. The van der Waals surface area contributed by atoms with Gasteiger partial charge in [0, 0.05) is 23.5 Å². The molecule has 10 nitrogen and oxygen atoms in total. The third-order valence-electron chi connectivity index (χ3n) is 6.96. The van der Waals surface area contributed by atoms with Gasteiger partial charge in [0.15, 0.2) is 0 Å². The molecule has 0 bridgehead atoms. The van der Waals surface area contributed by atoms with E-state index in [1.165, 1.54) is 5.56 Å². The van der Waals surface area contributed by atoms with Crippen molar-refractivity contribution in [3.05, 3.63) is 108 Å². The number of nitrogens with one attached hydrogen (secondary N) is 3. The zero-order valence-corrected chi connectivity index (χ0v) is 25.3. The molecule has 0 radical (unpaired) electrons. The monoisotopic (exact) mass is 605 g/mol. The van der Waals surface area contributed by atoms with Gasteiger partial charge in [-0.25, -0.2) is 4.40 Å². The maximum absolute atomic E-state index is 5.29. The predicted molar refractivity (Wildman–Crippen MR) is 177 cm³/mol. The second-order valence-electron chi connectivity index (χ2n) is 9.82. The Morgan fingerprint density at radius 3 is 1.34 bits per heavy atom. The summed E-state index contributed by atoms with van der Waals surface area (Å²) in [7, 11) is 4.95. The summed E-state index contributed by atoms with van der Waals surface area (Å²) in [6, 6.07) is 31.4. The SMILES string of the molecule is COc1ccc(Nc2nc(Nc3ccc(OC)cc3)nc(Nc3ccc(C4=NSC(c5ccc(OC)cc5)C4)cc3)n2)cc1. The van der Waals surface area contributed by atoms with Crippen LogP contribution in [0.1, 0.15) is 22.8 Å². The Kier molecular flexibility index (Phi) is 8.74. The van der Waals surface area contributed by atoms with Crippen LogP contribution in [0.4, 0.5) is 34.9 Å². The highest BCUT2D eigenvalue weighted by molar-refractivity contribution is 7.98. The maximum atomic E-state index is 5.29. The largest absolute Gasteiger partial charge is 0.497 e. The summed E-state index contributed by atoms with van der Waals surface area (Å²) in [4.78, 5) is 13.8. The molecule has 1 aromatic heterocycles. The van der Waals surface area contributed by atoms with Gasteiger partial charge in [-0.15, -0.1) is 0 Å². The molecule has 2 heterocycles. The molecule has 4 aromatic carbocycles. The zero-order chi connectivity index (χ0) is 30.3. The number of benzene rings is 4. The van der Waals surface area contributed by atoms with E-state index in [1.54, 1.807) is 33.3 Å². The van der Waals surface area contributed by atoms with Gasteiger partial charge in [0.2, 0.25) is 17.8 Å². The molecule has 1 atom stereocenters. The molecular formula is C33H31N7O3S. The first-order chi connectivity index (χ1) is 21.6. The van der Waals surface area contributed by atoms with Crippen molar-refractivity contribution in [2.24, 2.45) is 4.40 Å². The first-order valence-electron chi connectivity index (χ1n) is 13.9. The summed E-state index contributed by atoms with van der Waals surface area (Å²) in [5.74, 6) is 3.51. The third-order valence-corrected chi connectivity index (χ3v) is 7.98. The Morgan fingerprint density at radius 2 is 0.932 bits per heavy atom. The van der Waals surface area contributed by atoms with Crippen molar-refractivity contribution >= 4 is 52.6 Å². The van der Waals surface area contributed by atoms with Crippen LogP contribution in [0.2, 0.25) is 0 Å². The minimum absolute atomic E-state index is 0.284. The summed E-state index contributed by atoms with van der Waals surface area (Å²) in [6.45, 7) is 0. The van der Waals surface area contributed by atoms with Crippen LogP contribution in [0.15, 0.2) is 101 Å². The fourth-order valence-electron chi connectivity index (χ4n) is 4.57. The van der Waals surface area contributed by atoms with Crippen LogP contribution in [0, 0.1) is 0 Å². The molecule has 1 aliphatic rings. The average molecular weight is 606 g/mol. The highest BCUT2D eigenvalue weighted by Gasteiger charge is 2.23. The minimum Gasteiger partial charge on any atom is -0.497 e. The quantitative estimate of drug-likeness (QED) is 0.129. The smallest absolute Gasteiger partial charge is 0.233 e. The fraction of sp³-hybridized carbons (Fsp3) is 0.152. The van der Waals surface area contributed by atoms with E-state index in [0.717, 1.165) is 52.0 Å². The van der Waals surface area contributed by atoms with Crippen LogP contribution in [0.25, 0.3) is 0 Å². The lowest BCUT2D eigenvalue weighted by atomic mass is 10.0. The minimum atomic E-state index is 0.284. The summed E-state index contributed by atoms with van der Waals surface area (Å²) in [5, 5.41) is 10.1. The third kappa shape index (κ3) is 7.01. The Labute approximate surface area is 260 Å².